The summed E-state index contributed by atoms with van der Waals surface area (Å²) in [5.74, 6) is -0.00187. The van der Waals surface area contributed by atoms with Crippen LogP contribution in [0, 0.1) is 16.0 Å². The number of nitro groups is 1. The van der Waals surface area contributed by atoms with Crippen LogP contribution in [0.5, 0.6) is 5.75 Å². The summed E-state index contributed by atoms with van der Waals surface area (Å²) in [6.07, 6.45) is 0. The molecule has 2 aromatic carbocycles. The number of amidine groups is 1. The molecule has 1 heterocycles. The molecule has 138 valence electrons. The third-order valence-electron chi connectivity index (χ3n) is 3.52. The average Bonchev–Trinajstić information content (AvgIpc) is 3.05. The molecule has 3 rings (SSSR count). The van der Waals surface area contributed by atoms with Gasteiger partial charge in [-0.1, -0.05) is 31.1 Å². The van der Waals surface area contributed by atoms with Crippen molar-refractivity contribution in [1.29, 1.82) is 0 Å². The quantitative estimate of drug-likeness (QED) is 0.168. The second kappa shape index (κ2) is 7.60. The molecule has 0 saturated carbocycles. The van der Waals surface area contributed by atoms with Crippen molar-refractivity contribution in [2.24, 2.45) is 21.2 Å². The summed E-state index contributed by atoms with van der Waals surface area (Å²) >= 11 is 0. The molecule has 10 heteroatoms. The first-order valence-corrected chi connectivity index (χ1v) is 8.02. The molecule has 2 N–H and O–H groups in total. The van der Waals surface area contributed by atoms with E-state index in [1.54, 1.807) is 12.1 Å². The van der Waals surface area contributed by atoms with Gasteiger partial charge in [0.2, 0.25) is 0 Å². The van der Waals surface area contributed by atoms with Gasteiger partial charge in [0.15, 0.2) is 11.4 Å². The number of phenols is 1. The Morgan fingerprint density at radius 3 is 2.78 bits per heavy atom. The van der Waals surface area contributed by atoms with Crippen molar-refractivity contribution in [3.05, 3.63) is 52.6 Å². The van der Waals surface area contributed by atoms with Crippen molar-refractivity contribution in [1.82, 2.24) is 4.98 Å². The summed E-state index contributed by atoms with van der Waals surface area (Å²) in [5.41, 5.74) is 3.74. The summed E-state index contributed by atoms with van der Waals surface area (Å²) < 4.78 is 5.46. The molecule has 0 unspecified atom stereocenters. The molecule has 0 spiro atoms. The highest BCUT2D eigenvalue weighted by atomic mass is 16.6. The first-order valence-electron chi connectivity index (χ1n) is 8.02. The predicted octanol–water partition coefficient (Wildman–Crippen LogP) is 4.61. The Balaban J connectivity index is 1.83. The van der Waals surface area contributed by atoms with E-state index < -0.39 is 4.92 Å². The molecule has 27 heavy (non-hydrogen) atoms. The highest BCUT2D eigenvalue weighted by Gasteiger charge is 2.11. The third kappa shape index (κ3) is 4.24. The van der Waals surface area contributed by atoms with Crippen LogP contribution in [-0.4, -0.2) is 20.8 Å². The molecule has 0 amide bonds. The van der Waals surface area contributed by atoms with Gasteiger partial charge in [0.05, 0.1) is 4.92 Å². The van der Waals surface area contributed by atoms with Gasteiger partial charge in [0.1, 0.15) is 17.0 Å². The number of benzene rings is 2. The zero-order valence-electron chi connectivity index (χ0n) is 14.5. The van der Waals surface area contributed by atoms with Crippen LogP contribution in [0.2, 0.25) is 0 Å². The van der Waals surface area contributed by atoms with Crippen molar-refractivity contribution in [3.8, 4) is 5.75 Å². The average molecular weight is 368 g/mol. The van der Waals surface area contributed by atoms with Crippen LogP contribution < -0.4 is 5.43 Å². The molecule has 0 aliphatic heterocycles. The topological polar surface area (TPSA) is 139 Å². The Bertz CT molecular complexity index is 1010. The van der Waals surface area contributed by atoms with E-state index in [0.717, 1.165) is 0 Å². The van der Waals surface area contributed by atoms with Gasteiger partial charge in [-0.05, 0) is 18.2 Å². The van der Waals surface area contributed by atoms with Crippen molar-refractivity contribution < 1.29 is 14.4 Å². The van der Waals surface area contributed by atoms with Gasteiger partial charge in [0.25, 0.3) is 5.69 Å². The van der Waals surface area contributed by atoms with E-state index in [-0.39, 0.29) is 29.1 Å². The third-order valence-corrected chi connectivity index (χ3v) is 3.52. The van der Waals surface area contributed by atoms with Gasteiger partial charge < -0.3 is 9.52 Å². The van der Waals surface area contributed by atoms with Crippen LogP contribution in [0.4, 0.5) is 17.4 Å². The summed E-state index contributed by atoms with van der Waals surface area (Å²) in [6.45, 7) is 3.69. The number of nitrogens with one attached hydrogen (secondary N) is 1. The minimum atomic E-state index is -0.565. The van der Waals surface area contributed by atoms with Crippen LogP contribution >= 0.6 is 0 Å². The number of hydrogen-bond acceptors (Lipinski definition) is 8. The highest BCUT2D eigenvalue weighted by molar-refractivity contribution is 5.85. The number of nitrogens with zero attached hydrogens (tertiary/aromatic N) is 5. The Morgan fingerprint density at radius 2 is 2.07 bits per heavy atom. The SMILES string of the molecule is CC(C)/C(N=Nc1nc2ccccc2o1)=N\Nc1cc([N+](=O)[O-])ccc1O. The second-order valence-corrected chi connectivity index (χ2v) is 5.86. The largest absolute Gasteiger partial charge is 0.506 e. The van der Waals surface area contributed by atoms with Crippen molar-refractivity contribution in [2.45, 2.75) is 13.8 Å². The first kappa shape index (κ1) is 18.0. The lowest BCUT2D eigenvalue weighted by atomic mass is 10.2. The number of aromatic hydroxyl groups is 1. The smallest absolute Gasteiger partial charge is 0.342 e. The molecule has 3 aromatic rings. The zero-order valence-corrected chi connectivity index (χ0v) is 14.5. The predicted molar refractivity (Wildman–Crippen MR) is 99.2 cm³/mol. The number of rotatable bonds is 5. The van der Waals surface area contributed by atoms with E-state index in [4.69, 9.17) is 4.42 Å². The van der Waals surface area contributed by atoms with Gasteiger partial charge in [-0.25, -0.2) is 0 Å². The number of non-ortho nitro benzene ring substituents is 1. The fourth-order valence-corrected chi connectivity index (χ4v) is 2.11. The molecule has 0 fully saturated rings. The fourth-order valence-electron chi connectivity index (χ4n) is 2.11. The molecule has 0 bridgehead atoms. The monoisotopic (exact) mass is 368 g/mol. The number of anilines is 1. The molecule has 1 aromatic heterocycles. The number of fused-ring (bicyclic) bond motifs is 1. The van der Waals surface area contributed by atoms with Gasteiger partial charge in [-0.3, -0.25) is 15.5 Å². The number of nitro benzene ring substituents is 1. The number of hydrogen-bond donors (Lipinski definition) is 2. The van der Waals surface area contributed by atoms with Crippen LogP contribution in [0.25, 0.3) is 11.1 Å². The molecular formula is C17H16N6O4. The van der Waals surface area contributed by atoms with E-state index in [0.29, 0.717) is 16.9 Å². The number of azo groups is 1. The van der Waals surface area contributed by atoms with Crippen molar-refractivity contribution in [2.75, 3.05) is 5.43 Å². The van der Waals surface area contributed by atoms with E-state index in [1.807, 2.05) is 26.0 Å². The normalized spacial score (nSPS) is 12.2. The lowest BCUT2D eigenvalue weighted by Crippen LogP contribution is -2.07. The zero-order chi connectivity index (χ0) is 19.4. The summed E-state index contributed by atoms with van der Waals surface area (Å²) in [6, 6.07) is 10.9. The molecule has 0 radical (unpaired) electrons. The Morgan fingerprint density at radius 1 is 1.30 bits per heavy atom. The van der Waals surface area contributed by atoms with Gasteiger partial charge in [0, 0.05) is 18.1 Å². The number of para-hydroxylation sites is 2. The van der Waals surface area contributed by atoms with Crippen LogP contribution in [-0.2, 0) is 0 Å². The maximum absolute atomic E-state index is 10.9. The molecular weight excluding hydrogens is 352 g/mol. The molecule has 0 aliphatic carbocycles. The molecule has 0 aliphatic rings. The molecule has 0 saturated heterocycles. The fraction of sp³-hybridized carbons (Fsp3) is 0.176. The Hall–Kier alpha value is -3.82. The number of hydrazone groups is 1. The summed E-state index contributed by atoms with van der Waals surface area (Å²) in [4.78, 5) is 14.5. The maximum atomic E-state index is 10.9. The van der Waals surface area contributed by atoms with Crippen LogP contribution in [0.15, 0.2) is 62.2 Å². The minimum Gasteiger partial charge on any atom is -0.506 e. The molecule has 0 atom stereocenters. The Kier molecular flexibility index (Phi) is 5.06. The van der Waals surface area contributed by atoms with Crippen molar-refractivity contribution in [3.63, 3.8) is 0 Å². The number of phenolic OH excluding ortho intramolecular Hbond substituents is 1. The number of aromatic nitrogens is 1. The van der Waals surface area contributed by atoms with Crippen molar-refractivity contribution >= 4 is 34.3 Å². The summed E-state index contributed by atoms with van der Waals surface area (Å²) in [5, 5.41) is 32.7. The van der Waals surface area contributed by atoms with E-state index in [1.165, 1.54) is 18.2 Å². The standard InChI is InChI=1S/C17H16N6O4/c1-10(2)16(20-19-13-9-11(23(25)26)7-8-14(13)24)21-22-17-18-12-5-3-4-6-15(12)27-17/h3-10,19,24H,1-2H3/b20-16+,22-21?. The van der Waals surface area contributed by atoms with E-state index >= 15 is 0 Å². The lowest BCUT2D eigenvalue weighted by Gasteiger charge is -2.06. The first-order chi connectivity index (χ1) is 12.9. The van der Waals surface area contributed by atoms with Gasteiger partial charge >= 0.3 is 6.01 Å². The Labute approximate surface area is 153 Å². The lowest BCUT2D eigenvalue weighted by molar-refractivity contribution is -0.384. The van der Waals surface area contributed by atoms with E-state index in [9.17, 15) is 15.2 Å². The second-order valence-electron chi connectivity index (χ2n) is 5.86. The van der Waals surface area contributed by atoms with E-state index in [2.05, 4.69) is 25.7 Å². The van der Waals surface area contributed by atoms with Crippen LogP contribution in [0.3, 0.4) is 0 Å². The molecule has 10 nitrogen and oxygen atoms in total. The highest BCUT2D eigenvalue weighted by Crippen LogP contribution is 2.28. The minimum absolute atomic E-state index is 0.0828. The van der Waals surface area contributed by atoms with Gasteiger partial charge in [-0.15, -0.1) is 5.11 Å². The van der Waals surface area contributed by atoms with Gasteiger partial charge in [-0.2, -0.15) is 10.1 Å². The summed E-state index contributed by atoms with van der Waals surface area (Å²) in [7, 11) is 0. The van der Waals surface area contributed by atoms with Crippen LogP contribution in [0.1, 0.15) is 13.8 Å². The maximum Gasteiger partial charge on any atom is 0.342 e. The number of oxazole rings is 1.